The Morgan fingerprint density at radius 2 is 1.92 bits per heavy atom. The fraction of sp³-hybridized carbons (Fsp3) is 0.900. The topological polar surface area (TPSA) is 17.1 Å². The normalized spacial score (nSPS) is 42.4. The van der Waals surface area contributed by atoms with Crippen molar-refractivity contribution in [2.75, 3.05) is 0 Å². The van der Waals surface area contributed by atoms with E-state index in [-0.39, 0.29) is 5.38 Å². The van der Waals surface area contributed by atoms with Gasteiger partial charge in [-0.1, -0.05) is 19.3 Å². The quantitative estimate of drug-likeness (QED) is 0.532. The minimum Gasteiger partial charge on any atom is -0.298 e. The number of halogens is 1. The minimum absolute atomic E-state index is 0.149. The molecule has 0 radical (unpaired) electrons. The minimum atomic E-state index is -0.149. The lowest BCUT2D eigenvalue weighted by Gasteiger charge is -2.37. The van der Waals surface area contributed by atoms with Crippen LogP contribution in [0.2, 0.25) is 0 Å². The van der Waals surface area contributed by atoms with Crippen molar-refractivity contribution in [1.29, 1.82) is 0 Å². The summed E-state index contributed by atoms with van der Waals surface area (Å²) in [6.07, 6.45) is 6.95. The Labute approximate surface area is 78.5 Å². The summed E-state index contributed by atoms with van der Waals surface area (Å²) in [5.74, 6) is 1.57. The Morgan fingerprint density at radius 1 is 1.17 bits per heavy atom. The van der Waals surface area contributed by atoms with Gasteiger partial charge in [0.25, 0.3) is 0 Å². The third kappa shape index (κ3) is 1.39. The van der Waals surface area contributed by atoms with E-state index in [4.69, 9.17) is 11.6 Å². The number of hydrogen-bond acceptors (Lipinski definition) is 1. The molecule has 0 unspecified atom stereocenters. The van der Waals surface area contributed by atoms with Gasteiger partial charge in [-0.15, -0.1) is 11.6 Å². The molecule has 2 saturated carbocycles. The van der Waals surface area contributed by atoms with Crippen LogP contribution in [0.3, 0.4) is 0 Å². The summed E-state index contributed by atoms with van der Waals surface area (Å²) in [5.41, 5.74) is 0. The van der Waals surface area contributed by atoms with Crippen LogP contribution in [0.15, 0.2) is 0 Å². The first kappa shape index (κ1) is 8.55. The molecule has 2 aliphatic rings. The van der Waals surface area contributed by atoms with Crippen LogP contribution in [-0.2, 0) is 4.79 Å². The average Bonchev–Trinajstić information content (AvgIpc) is 2.12. The van der Waals surface area contributed by atoms with Crippen molar-refractivity contribution in [3.05, 3.63) is 0 Å². The summed E-state index contributed by atoms with van der Waals surface area (Å²) in [5, 5.41) is -0.149. The highest BCUT2D eigenvalue weighted by Gasteiger charge is 2.38. The van der Waals surface area contributed by atoms with Gasteiger partial charge in [0, 0.05) is 6.42 Å². The Balaban J connectivity index is 2.08. The summed E-state index contributed by atoms with van der Waals surface area (Å²) in [6.45, 7) is 0. The van der Waals surface area contributed by atoms with Gasteiger partial charge >= 0.3 is 0 Å². The molecular weight excluding hydrogens is 172 g/mol. The molecule has 0 amide bonds. The molecule has 0 bridgehead atoms. The third-order valence-corrected chi connectivity index (χ3v) is 3.98. The maximum Gasteiger partial charge on any atom is 0.150 e. The SMILES string of the molecule is O=C1CC[C@H]2CCCC[C@@H]2[C@H]1Cl. The molecule has 0 heterocycles. The van der Waals surface area contributed by atoms with E-state index in [9.17, 15) is 4.79 Å². The first-order valence-electron chi connectivity index (χ1n) is 4.96. The van der Waals surface area contributed by atoms with E-state index in [1.54, 1.807) is 0 Å². The van der Waals surface area contributed by atoms with Crippen LogP contribution in [0, 0.1) is 11.8 Å². The largest absolute Gasteiger partial charge is 0.298 e. The number of rotatable bonds is 0. The maximum absolute atomic E-state index is 11.3. The molecule has 68 valence electrons. The zero-order chi connectivity index (χ0) is 8.55. The molecule has 0 aliphatic heterocycles. The van der Waals surface area contributed by atoms with Gasteiger partial charge in [0.05, 0.1) is 5.38 Å². The molecule has 0 spiro atoms. The summed E-state index contributed by atoms with van der Waals surface area (Å²) in [4.78, 5) is 11.3. The monoisotopic (exact) mass is 186 g/mol. The lowest BCUT2D eigenvalue weighted by Crippen LogP contribution is -2.37. The number of Topliss-reactive ketones (excluding diaryl/α,β-unsaturated/α-hetero) is 1. The van der Waals surface area contributed by atoms with Crippen molar-refractivity contribution in [2.24, 2.45) is 11.8 Å². The highest BCUT2D eigenvalue weighted by molar-refractivity contribution is 6.31. The zero-order valence-electron chi connectivity index (χ0n) is 7.26. The second kappa shape index (κ2) is 3.37. The number of carbonyl (C=O) groups excluding carboxylic acids is 1. The molecule has 2 heteroatoms. The van der Waals surface area contributed by atoms with Crippen LogP contribution in [0.25, 0.3) is 0 Å². The maximum atomic E-state index is 11.3. The summed E-state index contributed by atoms with van der Waals surface area (Å²) >= 11 is 6.09. The van der Waals surface area contributed by atoms with Gasteiger partial charge in [-0.3, -0.25) is 4.79 Å². The Morgan fingerprint density at radius 3 is 2.75 bits per heavy atom. The average molecular weight is 187 g/mol. The van der Waals surface area contributed by atoms with Crippen LogP contribution in [0.1, 0.15) is 38.5 Å². The molecule has 2 aliphatic carbocycles. The van der Waals surface area contributed by atoms with E-state index in [1.165, 1.54) is 25.7 Å². The zero-order valence-corrected chi connectivity index (χ0v) is 8.02. The predicted octanol–water partition coefficient (Wildman–Crippen LogP) is 2.76. The standard InChI is InChI=1S/C10H15ClO/c11-10-8-4-2-1-3-7(8)5-6-9(10)12/h7-8,10H,1-6H2/t7-,8+,10-/m1/s1. The van der Waals surface area contributed by atoms with Crippen molar-refractivity contribution in [3.63, 3.8) is 0 Å². The van der Waals surface area contributed by atoms with Crippen molar-refractivity contribution in [2.45, 2.75) is 43.9 Å². The molecule has 2 fully saturated rings. The number of alkyl halides is 1. The Kier molecular flexibility index (Phi) is 2.40. The number of ketones is 1. The van der Waals surface area contributed by atoms with Crippen LogP contribution in [0.5, 0.6) is 0 Å². The molecule has 12 heavy (non-hydrogen) atoms. The van der Waals surface area contributed by atoms with E-state index in [0.717, 1.165) is 18.8 Å². The molecule has 0 saturated heterocycles. The molecule has 2 rings (SSSR count). The number of fused-ring (bicyclic) bond motifs is 1. The van der Waals surface area contributed by atoms with E-state index >= 15 is 0 Å². The molecular formula is C10H15ClO. The predicted molar refractivity (Wildman–Crippen MR) is 49.3 cm³/mol. The molecule has 0 aromatic carbocycles. The highest BCUT2D eigenvalue weighted by Crippen LogP contribution is 2.41. The second-order valence-corrected chi connectivity index (χ2v) is 4.59. The lowest BCUT2D eigenvalue weighted by molar-refractivity contribution is -0.122. The molecule has 1 nitrogen and oxygen atoms in total. The molecule has 3 atom stereocenters. The fourth-order valence-electron chi connectivity index (χ4n) is 2.68. The number of carbonyl (C=O) groups is 1. The first-order chi connectivity index (χ1) is 5.79. The fourth-order valence-corrected chi connectivity index (χ4v) is 3.13. The van der Waals surface area contributed by atoms with Crippen molar-refractivity contribution in [1.82, 2.24) is 0 Å². The molecule has 0 N–H and O–H groups in total. The summed E-state index contributed by atoms with van der Waals surface area (Å²) < 4.78 is 0. The molecule has 0 aromatic rings. The molecule has 0 aromatic heterocycles. The van der Waals surface area contributed by atoms with Crippen LogP contribution >= 0.6 is 11.6 Å². The first-order valence-corrected chi connectivity index (χ1v) is 5.39. The Bertz CT molecular complexity index is 190. The summed E-state index contributed by atoms with van der Waals surface area (Å²) in [7, 11) is 0. The van der Waals surface area contributed by atoms with E-state index in [2.05, 4.69) is 0 Å². The summed E-state index contributed by atoms with van der Waals surface area (Å²) in [6, 6.07) is 0. The smallest absolute Gasteiger partial charge is 0.150 e. The van der Waals surface area contributed by atoms with Gasteiger partial charge in [0.15, 0.2) is 5.78 Å². The van der Waals surface area contributed by atoms with E-state index < -0.39 is 0 Å². The van der Waals surface area contributed by atoms with Crippen LogP contribution in [-0.4, -0.2) is 11.2 Å². The van der Waals surface area contributed by atoms with Gasteiger partial charge in [0.1, 0.15) is 0 Å². The highest BCUT2D eigenvalue weighted by atomic mass is 35.5. The van der Waals surface area contributed by atoms with Crippen molar-refractivity contribution < 1.29 is 4.79 Å². The van der Waals surface area contributed by atoms with Gasteiger partial charge in [-0.25, -0.2) is 0 Å². The van der Waals surface area contributed by atoms with Crippen molar-refractivity contribution in [3.8, 4) is 0 Å². The van der Waals surface area contributed by atoms with E-state index in [0.29, 0.717) is 11.7 Å². The van der Waals surface area contributed by atoms with Crippen LogP contribution < -0.4 is 0 Å². The van der Waals surface area contributed by atoms with Crippen molar-refractivity contribution >= 4 is 17.4 Å². The van der Waals surface area contributed by atoms with Gasteiger partial charge in [-0.05, 0) is 24.7 Å². The Hall–Kier alpha value is -0.0400. The van der Waals surface area contributed by atoms with Crippen LogP contribution in [0.4, 0.5) is 0 Å². The number of hydrogen-bond donors (Lipinski definition) is 0. The third-order valence-electron chi connectivity index (χ3n) is 3.41. The van der Waals surface area contributed by atoms with Gasteiger partial charge < -0.3 is 0 Å². The van der Waals surface area contributed by atoms with E-state index in [1.807, 2.05) is 0 Å². The van der Waals surface area contributed by atoms with Gasteiger partial charge in [0.2, 0.25) is 0 Å². The van der Waals surface area contributed by atoms with Gasteiger partial charge in [-0.2, -0.15) is 0 Å². The second-order valence-electron chi connectivity index (χ2n) is 4.12. The lowest BCUT2D eigenvalue weighted by atomic mass is 9.70.